The second kappa shape index (κ2) is 5.83. The van der Waals surface area contributed by atoms with Crippen LogP contribution in [0.2, 0.25) is 0 Å². The third-order valence-electron chi connectivity index (χ3n) is 3.48. The van der Waals surface area contributed by atoms with Crippen LogP contribution in [-0.4, -0.2) is 12.1 Å². The number of aryl methyl sites for hydroxylation is 1. The number of anilines is 1. The Labute approximate surface area is 124 Å². The number of ether oxygens (including phenoxy) is 1. The van der Waals surface area contributed by atoms with Crippen LogP contribution < -0.4 is 10.1 Å². The highest BCUT2D eigenvalue weighted by molar-refractivity contribution is 5.90. The number of aromatic nitrogens is 1. The number of nitrogens with one attached hydrogen (secondary N) is 1. The summed E-state index contributed by atoms with van der Waals surface area (Å²) in [6, 6.07) is 18.4. The van der Waals surface area contributed by atoms with E-state index in [0.717, 1.165) is 34.6 Å². The summed E-state index contributed by atoms with van der Waals surface area (Å²) in [7, 11) is 1.68. The molecular weight excluding hydrogens is 260 g/mol. The molecule has 0 amide bonds. The molecule has 3 aromatic rings. The molecule has 1 aromatic heterocycles. The molecule has 0 saturated heterocycles. The van der Waals surface area contributed by atoms with Gasteiger partial charge in [-0.1, -0.05) is 30.3 Å². The predicted molar refractivity (Wildman–Crippen MR) is 86.8 cm³/mol. The molecule has 0 atom stereocenters. The summed E-state index contributed by atoms with van der Waals surface area (Å²) < 4.78 is 5.25. The number of pyridine rings is 1. The molecular formula is C18H18N2O. The van der Waals surface area contributed by atoms with E-state index in [2.05, 4.69) is 34.6 Å². The molecule has 1 heterocycles. The van der Waals surface area contributed by atoms with Crippen molar-refractivity contribution in [3.63, 3.8) is 0 Å². The molecule has 3 heteroatoms. The van der Waals surface area contributed by atoms with Crippen molar-refractivity contribution in [2.24, 2.45) is 0 Å². The van der Waals surface area contributed by atoms with Crippen molar-refractivity contribution in [3.8, 4) is 5.75 Å². The van der Waals surface area contributed by atoms with Gasteiger partial charge in [0.25, 0.3) is 0 Å². The third-order valence-corrected chi connectivity index (χ3v) is 3.48. The maximum absolute atomic E-state index is 5.25. The van der Waals surface area contributed by atoms with Gasteiger partial charge < -0.3 is 10.1 Å². The molecule has 3 rings (SSSR count). The zero-order valence-electron chi connectivity index (χ0n) is 12.3. The lowest BCUT2D eigenvalue weighted by atomic mass is 10.1. The molecule has 0 saturated carbocycles. The zero-order chi connectivity index (χ0) is 14.7. The highest BCUT2D eigenvalue weighted by Gasteiger charge is 2.03. The van der Waals surface area contributed by atoms with E-state index in [9.17, 15) is 0 Å². The second-order valence-electron chi connectivity index (χ2n) is 5.04. The van der Waals surface area contributed by atoms with Gasteiger partial charge in [-0.3, -0.25) is 4.98 Å². The van der Waals surface area contributed by atoms with Crippen LogP contribution in [0.25, 0.3) is 10.9 Å². The largest absolute Gasteiger partial charge is 0.497 e. The monoisotopic (exact) mass is 278 g/mol. The minimum Gasteiger partial charge on any atom is -0.497 e. The summed E-state index contributed by atoms with van der Waals surface area (Å²) in [5.74, 6) is 0.876. The first-order chi connectivity index (χ1) is 10.3. The Kier molecular flexibility index (Phi) is 3.73. The van der Waals surface area contributed by atoms with E-state index < -0.39 is 0 Å². The Morgan fingerprint density at radius 1 is 1.05 bits per heavy atom. The van der Waals surface area contributed by atoms with Gasteiger partial charge in [-0.15, -0.1) is 0 Å². The Morgan fingerprint density at radius 2 is 1.90 bits per heavy atom. The standard InChI is InChI=1S/C18H18N2O/c1-13-9-10-15-6-4-8-17(18(15)20-13)19-12-14-5-3-7-16(11-14)21-2/h3-11,19H,12H2,1-2H3. The van der Waals surface area contributed by atoms with Crippen molar-refractivity contribution in [2.75, 3.05) is 12.4 Å². The average molecular weight is 278 g/mol. The lowest BCUT2D eigenvalue weighted by Gasteiger charge is -2.10. The zero-order valence-corrected chi connectivity index (χ0v) is 12.3. The molecule has 21 heavy (non-hydrogen) atoms. The normalized spacial score (nSPS) is 10.6. The molecule has 0 spiro atoms. The molecule has 0 aliphatic rings. The molecule has 0 fully saturated rings. The smallest absolute Gasteiger partial charge is 0.119 e. The van der Waals surface area contributed by atoms with Crippen LogP contribution in [-0.2, 0) is 6.54 Å². The quantitative estimate of drug-likeness (QED) is 0.778. The summed E-state index contributed by atoms with van der Waals surface area (Å²) in [6.07, 6.45) is 0. The number of rotatable bonds is 4. The number of fused-ring (bicyclic) bond motifs is 1. The fraction of sp³-hybridized carbons (Fsp3) is 0.167. The van der Waals surface area contributed by atoms with Crippen LogP contribution in [0.15, 0.2) is 54.6 Å². The Bertz CT molecular complexity index is 768. The highest BCUT2D eigenvalue weighted by atomic mass is 16.5. The number of para-hydroxylation sites is 1. The van der Waals surface area contributed by atoms with Crippen molar-refractivity contribution in [2.45, 2.75) is 13.5 Å². The van der Waals surface area contributed by atoms with Gasteiger partial charge in [-0.05, 0) is 36.8 Å². The van der Waals surface area contributed by atoms with Gasteiger partial charge in [-0.2, -0.15) is 0 Å². The number of hydrogen-bond donors (Lipinski definition) is 1. The van der Waals surface area contributed by atoms with E-state index in [0.29, 0.717) is 0 Å². The number of benzene rings is 2. The van der Waals surface area contributed by atoms with Gasteiger partial charge in [0.2, 0.25) is 0 Å². The first-order valence-electron chi connectivity index (χ1n) is 6.99. The first-order valence-corrected chi connectivity index (χ1v) is 6.99. The van der Waals surface area contributed by atoms with Crippen molar-refractivity contribution in [1.82, 2.24) is 4.98 Å². The Balaban J connectivity index is 1.86. The summed E-state index contributed by atoms with van der Waals surface area (Å²) >= 11 is 0. The van der Waals surface area contributed by atoms with Crippen LogP contribution >= 0.6 is 0 Å². The fourth-order valence-corrected chi connectivity index (χ4v) is 2.37. The lowest BCUT2D eigenvalue weighted by Crippen LogP contribution is -2.01. The van der Waals surface area contributed by atoms with Gasteiger partial charge in [0.05, 0.1) is 18.3 Å². The van der Waals surface area contributed by atoms with E-state index in [1.54, 1.807) is 7.11 Å². The van der Waals surface area contributed by atoms with Crippen LogP contribution in [0.4, 0.5) is 5.69 Å². The number of hydrogen-bond acceptors (Lipinski definition) is 3. The van der Waals surface area contributed by atoms with Crippen LogP contribution in [0.5, 0.6) is 5.75 Å². The van der Waals surface area contributed by atoms with Crippen molar-refractivity contribution in [3.05, 3.63) is 65.9 Å². The van der Waals surface area contributed by atoms with E-state index in [1.807, 2.05) is 37.3 Å². The van der Waals surface area contributed by atoms with Crippen LogP contribution in [0.3, 0.4) is 0 Å². The summed E-state index contributed by atoms with van der Waals surface area (Å²) in [5, 5.41) is 4.61. The minimum atomic E-state index is 0.742. The maximum Gasteiger partial charge on any atom is 0.119 e. The van der Waals surface area contributed by atoms with Crippen molar-refractivity contribution in [1.29, 1.82) is 0 Å². The number of nitrogens with zero attached hydrogens (tertiary/aromatic N) is 1. The summed E-state index contributed by atoms with van der Waals surface area (Å²) in [6.45, 7) is 2.75. The van der Waals surface area contributed by atoms with Crippen LogP contribution in [0.1, 0.15) is 11.3 Å². The van der Waals surface area contributed by atoms with Crippen LogP contribution in [0, 0.1) is 6.92 Å². The van der Waals surface area contributed by atoms with E-state index in [1.165, 1.54) is 5.56 Å². The SMILES string of the molecule is COc1cccc(CNc2cccc3ccc(C)nc23)c1. The topological polar surface area (TPSA) is 34.1 Å². The van der Waals surface area contributed by atoms with Gasteiger partial charge in [-0.25, -0.2) is 0 Å². The molecule has 0 bridgehead atoms. The fourth-order valence-electron chi connectivity index (χ4n) is 2.37. The molecule has 2 aromatic carbocycles. The van der Waals surface area contributed by atoms with Crippen molar-refractivity contribution < 1.29 is 4.74 Å². The van der Waals surface area contributed by atoms with Gasteiger partial charge in [0.1, 0.15) is 5.75 Å². The maximum atomic E-state index is 5.25. The molecule has 0 unspecified atom stereocenters. The van der Waals surface area contributed by atoms with Gasteiger partial charge in [0, 0.05) is 17.6 Å². The van der Waals surface area contributed by atoms with Crippen molar-refractivity contribution >= 4 is 16.6 Å². The highest BCUT2D eigenvalue weighted by Crippen LogP contribution is 2.22. The minimum absolute atomic E-state index is 0.742. The van der Waals surface area contributed by atoms with E-state index in [4.69, 9.17) is 4.74 Å². The summed E-state index contributed by atoms with van der Waals surface area (Å²) in [4.78, 5) is 4.63. The lowest BCUT2D eigenvalue weighted by molar-refractivity contribution is 0.414. The van der Waals surface area contributed by atoms with Gasteiger partial charge >= 0.3 is 0 Å². The van der Waals surface area contributed by atoms with Gasteiger partial charge in [0.15, 0.2) is 0 Å². The molecule has 0 radical (unpaired) electrons. The van der Waals surface area contributed by atoms with E-state index in [-0.39, 0.29) is 0 Å². The Hall–Kier alpha value is -2.55. The third kappa shape index (κ3) is 2.97. The predicted octanol–water partition coefficient (Wildman–Crippen LogP) is 4.16. The Morgan fingerprint density at radius 3 is 2.76 bits per heavy atom. The molecule has 0 aliphatic carbocycles. The second-order valence-corrected chi connectivity index (χ2v) is 5.04. The summed E-state index contributed by atoms with van der Waals surface area (Å²) in [5.41, 5.74) is 4.27. The number of methoxy groups -OCH3 is 1. The molecule has 106 valence electrons. The average Bonchev–Trinajstić information content (AvgIpc) is 2.53. The van der Waals surface area contributed by atoms with E-state index >= 15 is 0 Å². The first kappa shape index (κ1) is 13.4. The molecule has 0 aliphatic heterocycles. The molecule has 3 nitrogen and oxygen atoms in total. The molecule has 1 N–H and O–H groups in total.